The lowest BCUT2D eigenvalue weighted by Crippen LogP contribution is -2.54. The molecule has 4 rings (SSSR count). The van der Waals surface area contributed by atoms with Gasteiger partial charge in [0.2, 0.25) is 17.7 Å². The number of carbonyl (C=O) groups is 5. The molecule has 0 saturated carbocycles. The molecule has 3 aliphatic rings. The third-order valence-corrected chi connectivity index (χ3v) is 5.69. The van der Waals surface area contributed by atoms with E-state index in [0.29, 0.717) is 25.9 Å². The van der Waals surface area contributed by atoms with Crippen molar-refractivity contribution >= 4 is 29.7 Å². The number of imide groups is 2. The first-order chi connectivity index (χ1) is 15.5. The van der Waals surface area contributed by atoms with Gasteiger partial charge in [-0.05, 0) is 33.3 Å². The number of piperidine rings is 2. The second kappa shape index (κ2) is 8.45. The van der Waals surface area contributed by atoms with Crippen LogP contribution in [0.5, 0.6) is 5.88 Å². The first kappa shape index (κ1) is 22.7. The highest BCUT2D eigenvalue weighted by atomic mass is 16.6. The van der Waals surface area contributed by atoms with Gasteiger partial charge in [0.15, 0.2) is 0 Å². The smallest absolute Gasteiger partial charge is 0.410 e. The van der Waals surface area contributed by atoms with Gasteiger partial charge in [0.25, 0.3) is 11.8 Å². The third kappa shape index (κ3) is 4.53. The zero-order valence-corrected chi connectivity index (χ0v) is 18.8. The van der Waals surface area contributed by atoms with Crippen LogP contribution in [0.3, 0.4) is 0 Å². The molecule has 176 valence electrons. The maximum atomic E-state index is 13.1. The summed E-state index contributed by atoms with van der Waals surface area (Å²) in [4.78, 5) is 68.6. The molecule has 0 spiro atoms. The Morgan fingerprint density at radius 3 is 2.42 bits per heavy atom. The standard InChI is InChI=1S/C22H26N4O7/c1-22(2,3)33-21(31)25-10-7-12(8-11-25)32-18-16-13(6-9-23-18)19(29)26(20(16)30)14-4-5-15(27)24-17(14)28/h6,9,12,14H,4-5,7-8,10-11H2,1-3H3,(H,24,27,28). The van der Waals surface area contributed by atoms with E-state index >= 15 is 0 Å². The fourth-order valence-corrected chi connectivity index (χ4v) is 4.11. The van der Waals surface area contributed by atoms with Crippen LogP contribution in [0.1, 0.15) is 67.2 Å². The van der Waals surface area contributed by atoms with Crippen molar-refractivity contribution in [1.29, 1.82) is 0 Å². The van der Waals surface area contributed by atoms with Crippen LogP contribution in [0.15, 0.2) is 12.3 Å². The van der Waals surface area contributed by atoms with Gasteiger partial charge in [0, 0.05) is 38.5 Å². The summed E-state index contributed by atoms with van der Waals surface area (Å²) < 4.78 is 11.4. The Morgan fingerprint density at radius 2 is 1.79 bits per heavy atom. The fourth-order valence-electron chi connectivity index (χ4n) is 4.11. The molecule has 2 saturated heterocycles. The van der Waals surface area contributed by atoms with Gasteiger partial charge >= 0.3 is 6.09 Å². The van der Waals surface area contributed by atoms with Crippen LogP contribution in [-0.4, -0.2) is 75.3 Å². The van der Waals surface area contributed by atoms with Crippen LogP contribution in [0.2, 0.25) is 0 Å². The van der Waals surface area contributed by atoms with Crippen LogP contribution in [-0.2, 0) is 14.3 Å². The zero-order chi connectivity index (χ0) is 23.9. The molecule has 0 radical (unpaired) electrons. The topological polar surface area (TPSA) is 135 Å². The number of likely N-dealkylation sites (tertiary alicyclic amines) is 1. The van der Waals surface area contributed by atoms with Gasteiger partial charge in [-0.1, -0.05) is 0 Å². The molecule has 11 heteroatoms. The average Bonchev–Trinajstić information content (AvgIpc) is 2.99. The molecule has 5 amide bonds. The van der Waals surface area contributed by atoms with Crippen LogP contribution in [0.25, 0.3) is 0 Å². The van der Waals surface area contributed by atoms with E-state index in [1.54, 1.807) is 25.7 Å². The van der Waals surface area contributed by atoms with Crippen molar-refractivity contribution in [3.8, 4) is 5.88 Å². The normalized spacial score (nSPS) is 21.7. The summed E-state index contributed by atoms with van der Waals surface area (Å²) in [6, 6.07) is 0.361. The minimum atomic E-state index is -1.06. The molecule has 1 atom stereocenters. The molecule has 0 aliphatic carbocycles. The number of nitrogens with zero attached hydrogens (tertiary/aromatic N) is 3. The molecule has 1 aromatic heterocycles. The number of nitrogens with one attached hydrogen (secondary N) is 1. The van der Waals surface area contributed by atoms with E-state index in [0.717, 1.165) is 4.90 Å². The molecule has 4 heterocycles. The van der Waals surface area contributed by atoms with E-state index < -0.39 is 35.3 Å². The van der Waals surface area contributed by atoms with Gasteiger partial charge in [-0.25, -0.2) is 9.78 Å². The molecule has 1 N–H and O–H groups in total. The predicted molar refractivity (Wildman–Crippen MR) is 112 cm³/mol. The summed E-state index contributed by atoms with van der Waals surface area (Å²) in [5.41, 5.74) is -0.456. The highest BCUT2D eigenvalue weighted by Crippen LogP contribution is 2.33. The molecular formula is C22H26N4O7. The molecule has 3 aliphatic heterocycles. The average molecular weight is 458 g/mol. The largest absolute Gasteiger partial charge is 0.474 e. The highest BCUT2D eigenvalue weighted by Gasteiger charge is 2.46. The van der Waals surface area contributed by atoms with Crippen LogP contribution < -0.4 is 10.1 Å². The number of pyridine rings is 1. The molecule has 0 aromatic carbocycles. The van der Waals surface area contributed by atoms with Gasteiger partial charge in [-0.3, -0.25) is 29.4 Å². The summed E-state index contributed by atoms with van der Waals surface area (Å²) in [5, 5.41) is 2.17. The summed E-state index contributed by atoms with van der Waals surface area (Å²) in [7, 11) is 0. The second-order valence-corrected chi connectivity index (χ2v) is 9.27. The van der Waals surface area contributed by atoms with E-state index in [2.05, 4.69) is 10.3 Å². The number of hydrogen-bond acceptors (Lipinski definition) is 8. The lowest BCUT2D eigenvalue weighted by Gasteiger charge is -2.33. The molecule has 0 bridgehead atoms. The number of amides is 5. The monoisotopic (exact) mass is 458 g/mol. The molecule has 1 unspecified atom stereocenters. The molecule has 33 heavy (non-hydrogen) atoms. The maximum Gasteiger partial charge on any atom is 0.410 e. The lowest BCUT2D eigenvalue weighted by molar-refractivity contribution is -0.136. The maximum absolute atomic E-state index is 13.1. The molecule has 1 aromatic rings. The number of ether oxygens (including phenoxy) is 2. The SMILES string of the molecule is CC(C)(C)OC(=O)N1CCC(Oc2nccc3c2C(=O)N(C2CCC(=O)NC2=O)C3=O)CC1. The van der Waals surface area contributed by atoms with Crippen molar-refractivity contribution in [2.24, 2.45) is 0 Å². The van der Waals surface area contributed by atoms with Crippen molar-refractivity contribution < 1.29 is 33.4 Å². The number of fused-ring (bicyclic) bond motifs is 1. The Morgan fingerprint density at radius 1 is 1.09 bits per heavy atom. The second-order valence-electron chi connectivity index (χ2n) is 9.27. The Balaban J connectivity index is 1.45. The van der Waals surface area contributed by atoms with Gasteiger partial charge in [0.1, 0.15) is 23.3 Å². The number of carbonyl (C=O) groups excluding carboxylic acids is 5. The van der Waals surface area contributed by atoms with E-state index in [9.17, 15) is 24.0 Å². The Hall–Kier alpha value is -3.50. The summed E-state index contributed by atoms with van der Waals surface area (Å²) in [5.74, 6) is -2.37. The van der Waals surface area contributed by atoms with Gasteiger partial charge in [-0.15, -0.1) is 0 Å². The minimum absolute atomic E-state index is 0.0155. The van der Waals surface area contributed by atoms with E-state index in [1.807, 2.05) is 0 Å². The minimum Gasteiger partial charge on any atom is -0.474 e. The summed E-state index contributed by atoms with van der Waals surface area (Å²) >= 11 is 0. The quantitative estimate of drug-likeness (QED) is 0.669. The van der Waals surface area contributed by atoms with Gasteiger partial charge in [-0.2, -0.15) is 0 Å². The van der Waals surface area contributed by atoms with E-state index in [4.69, 9.17) is 9.47 Å². The first-order valence-corrected chi connectivity index (χ1v) is 10.9. The molecular weight excluding hydrogens is 432 g/mol. The van der Waals surface area contributed by atoms with Gasteiger partial charge < -0.3 is 14.4 Å². The van der Waals surface area contributed by atoms with Crippen molar-refractivity contribution in [3.63, 3.8) is 0 Å². The van der Waals surface area contributed by atoms with Crippen molar-refractivity contribution in [2.75, 3.05) is 13.1 Å². The first-order valence-electron chi connectivity index (χ1n) is 10.9. The number of aromatic nitrogens is 1. The fraction of sp³-hybridized carbons (Fsp3) is 0.545. The van der Waals surface area contributed by atoms with Crippen LogP contribution in [0.4, 0.5) is 4.79 Å². The predicted octanol–water partition coefficient (Wildman–Crippen LogP) is 1.26. The third-order valence-electron chi connectivity index (χ3n) is 5.69. The Kier molecular flexibility index (Phi) is 5.81. The van der Waals surface area contributed by atoms with Crippen molar-refractivity contribution in [3.05, 3.63) is 23.4 Å². The number of hydrogen-bond donors (Lipinski definition) is 1. The van der Waals surface area contributed by atoms with Crippen LogP contribution in [0, 0.1) is 0 Å². The Bertz CT molecular complexity index is 1020. The van der Waals surface area contributed by atoms with Gasteiger partial charge in [0.05, 0.1) is 5.56 Å². The van der Waals surface area contributed by atoms with Crippen LogP contribution >= 0.6 is 0 Å². The number of rotatable bonds is 3. The summed E-state index contributed by atoms with van der Waals surface area (Å²) in [6.45, 7) is 6.25. The molecule has 2 fully saturated rings. The lowest BCUT2D eigenvalue weighted by atomic mass is 10.0. The zero-order valence-electron chi connectivity index (χ0n) is 18.8. The van der Waals surface area contributed by atoms with Crippen molar-refractivity contribution in [2.45, 2.75) is 64.2 Å². The van der Waals surface area contributed by atoms with E-state index in [1.165, 1.54) is 12.3 Å². The van der Waals surface area contributed by atoms with Crippen molar-refractivity contribution in [1.82, 2.24) is 20.1 Å². The highest BCUT2D eigenvalue weighted by molar-refractivity contribution is 6.24. The summed E-state index contributed by atoms with van der Waals surface area (Å²) in [6.07, 6.45) is 1.80. The Labute approximate surface area is 190 Å². The molecule has 11 nitrogen and oxygen atoms in total. The van der Waals surface area contributed by atoms with E-state index in [-0.39, 0.29) is 42.0 Å².